The van der Waals surface area contributed by atoms with E-state index in [1.165, 1.54) is 0 Å². The summed E-state index contributed by atoms with van der Waals surface area (Å²) >= 11 is 5.70. The molecule has 1 aromatic rings. The lowest BCUT2D eigenvalue weighted by Crippen LogP contribution is -2.35. The second-order valence-corrected chi connectivity index (χ2v) is 4.18. The monoisotopic (exact) mass is 228 g/mol. The molecule has 2 rings (SSSR count). The van der Waals surface area contributed by atoms with Crippen LogP contribution in [0.25, 0.3) is 0 Å². The van der Waals surface area contributed by atoms with E-state index in [4.69, 9.17) is 11.6 Å². The summed E-state index contributed by atoms with van der Waals surface area (Å²) in [4.78, 5) is 0. The van der Waals surface area contributed by atoms with Crippen LogP contribution in [-0.4, -0.2) is 19.1 Å². The summed E-state index contributed by atoms with van der Waals surface area (Å²) < 4.78 is 13.5. The molecule has 1 heterocycles. The van der Waals surface area contributed by atoms with E-state index >= 15 is 0 Å². The van der Waals surface area contributed by atoms with Crippen molar-refractivity contribution in [3.8, 4) is 0 Å². The number of nitrogens with one attached hydrogen (secondary N) is 2. The summed E-state index contributed by atoms with van der Waals surface area (Å²) in [5.41, 5.74) is 0.509. The average Bonchev–Trinajstić information content (AvgIpc) is 2.26. The Morgan fingerprint density at radius 3 is 2.80 bits per heavy atom. The van der Waals surface area contributed by atoms with Crippen LogP contribution < -0.4 is 10.6 Å². The van der Waals surface area contributed by atoms with Gasteiger partial charge in [0.2, 0.25) is 0 Å². The molecule has 1 aliphatic heterocycles. The van der Waals surface area contributed by atoms with Crippen molar-refractivity contribution in [3.63, 3.8) is 0 Å². The summed E-state index contributed by atoms with van der Waals surface area (Å²) in [6, 6.07) is 5.39. The molecule has 82 valence electrons. The minimum absolute atomic E-state index is 0.175. The number of hydrogen-bond acceptors (Lipinski definition) is 2. The van der Waals surface area contributed by atoms with Crippen molar-refractivity contribution in [2.75, 3.05) is 18.4 Å². The van der Waals surface area contributed by atoms with Crippen LogP contribution in [0.15, 0.2) is 18.2 Å². The number of hydrogen-bond donors (Lipinski definition) is 2. The molecular formula is C11H14ClFN2. The largest absolute Gasteiger partial charge is 0.380 e. The summed E-state index contributed by atoms with van der Waals surface area (Å²) in [7, 11) is 0. The SMILES string of the molecule is Fc1c(Cl)cccc1NC1CCNCC1. The zero-order valence-electron chi connectivity index (χ0n) is 8.39. The molecule has 1 aliphatic rings. The molecule has 1 aromatic carbocycles. The third kappa shape index (κ3) is 2.61. The third-order valence-electron chi connectivity index (χ3n) is 2.65. The van der Waals surface area contributed by atoms with Gasteiger partial charge in [-0.3, -0.25) is 0 Å². The highest BCUT2D eigenvalue weighted by atomic mass is 35.5. The van der Waals surface area contributed by atoms with Crippen molar-refractivity contribution >= 4 is 17.3 Å². The Hall–Kier alpha value is -0.800. The van der Waals surface area contributed by atoms with Gasteiger partial charge in [-0.15, -0.1) is 0 Å². The topological polar surface area (TPSA) is 24.1 Å². The predicted octanol–water partition coefficient (Wildman–Crippen LogP) is 2.64. The summed E-state index contributed by atoms with van der Waals surface area (Å²) in [5, 5.41) is 6.63. The smallest absolute Gasteiger partial charge is 0.164 e. The Morgan fingerprint density at radius 1 is 1.33 bits per heavy atom. The van der Waals surface area contributed by atoms with E-state index in [0.717, 1.165) is 25.9 Å². The molecule has 0 atom stereocenters. The fraction of sp³-hybridized carbons (Fsp3) is 0.455. The van der Waals surface area contributed by atoms with Gasteiger partial charge in [0.05, 0.1) is 10.7 Å². The van der Waals surface area contributed by atoms with Gasteiger partial charge in [-0.1, -0.05) is 17.7 Å². The Kier molecular flexibility index (Phi) is 3.44. The molecule has 15 heavy (non-hydrogen) atoms. The van der Waals surface area contributed by atoms with E-state index in [1.54, 1.807) is 18.2 Å². The number of piperidine rings is 1. The van der Waals surface area contributed by atoms with Gasteiger partial charge in [0, 0.05) is 6.04 Å². The van der Waals surface area contributed by atoms with E-state index in [2.05, 4.69) is 10.6 Å². The molecule has 4 heteroatoms. The molecule has 2 nitrogen and oxygen atoms in total. The number of anilines is 1. The molecule has 0 aromatic heterocycles. The maximum absolute atomic E-state index is 13.5. The van der Waals surface area contributed by atoms with E-state index in [9.17, 15) is 4.39 Å². The van der Waals surface area contributed by atoms with E-state index in [-0.39, 0.29) is 10.8 Å². The molecule has 0 radical (unpaired) electrons. The van der Waals surface area contributed by atoms with Crippen molar-refractivity contribution < 1.29 is 4.39 Å². The van der Waals surface area contributed by atoms with Crippen LogP contribution in [-0.2, 0) is 0 Å². The molecule has 0 aliphatic carbocycles. The van der Waals surface area contributed by atoms with Gasteiger partial charge in [0.25, 0.3) is 0 Å². The van der Waals surface area contributed by atoms with Gasteiger partial charge >= 0.3 is 0 Å². The fourth-order valence-electron chi connectivity index (χ4n) is 1.80. The van der Waals surface area contributed by atoms with Crippen molar-refractivity contribution in [2.45, 2.75) is 18.9 Å². The molecule has 1 fully saturated rings. The van der Waals surface area contributed by atoms with Crippen LogP contribution in [0.2, 0.25) is 5.02 Å². The van der Waals surface area contributed by atoms with Crippen LogP contribution in [0, 0.1) is 5.82 Å². The van der Waals surface area contributed by atoms with Gasteiger partial charge < -0.3 is 10.6 Å². The molecular weight excluding hydrogens is 215 g/mol. The van der Waals surface area contributed by atoms with Gasteiger partial charge in [-0.2, -0.15) is 0 Å². The fourth-order valence-corrected chi connectivity index (χ4v) is 1.98. The van der Waals surface area contributed by atoms with Crippen LogP contribution in [0.5, 0.6) is 0 Å². The van der Waals surface area contributed by atoms with Crippen LogP contribution in [0.1, 0.15) is 12.8 Å². The maximum Gasteiger partial charge on any atom is 0.164 e. The van der Waals surface area contributed by atoms with Crippen LogP contribution in [0.4, 0.5) is 10.1 Å². The van der Waals surface area contributed by atoms with E-state index < -0.39 is 0 Å². The highest BCUT2D eigenvalue weighted by molar-refractivity contribution is 6.31. The Balaban J connectivity index is 2.06. The first-order valence-electron chi connectivity index (χ1n) is 5.18. The van der Waals surface area contributed by atoms with E-state index in [0.29, 0.717) is 11.7 Å². The lowest BCUT2D eigenvalue weighted by molar-refractivity contribution is 0.477. The van der Waals surface area contributed by atoms with E-state index in [1.807, 2.05) is 0 Å². The normalized spacial score (nSPS) is 17.7. The molecule has 0 unspecified atom stereocenters. The van der Waals surface area contributed by atoms with Crippen molar-refractivity contribution in [3.05, 3.63) is 29.0 Å². The Labute approximate surface area is 93.8 Å². The molecule has 1 saturated heterocycles. The zero-order chi connectivity index (χ0) is 10.7. The van der Waals surface area contributed by atoms with Gasteiger partial charge in [-0.25, -0.2) is 4.39 Å². The Morgan fingerprint density at radius 2 is 2.07 bits per heavy atom. The average molecular weight is 229 g/mol. The maximum atomic E-state index is 13.5. The molecule has 2 N–H and O–H groups in total. The zero-order valence-corrected chi connectivity index (χ0v) is 9.15. The van der Waals surface area contributed by atoms with Crippen LogP contribution >= 0.6 is 11.6 Å². The first-order chi connectivity index (χ1) is 7.27. The standard InChI is InChI=1S/C11H14ClFN2/c12-9-2-1-3-10(11(9)13)15-8-4-6-14-7-5-8/h1-3,8,14-15H,4-7H2. The summed E-state index contributed by atoms with van der Waals surface area (Å²) in [6.07, 6.45) is 2.04. The lowest BCUT2D eigenvalue weighted by atomic mass is 10.1. The summed E-state index contributed by atoms with van der Waals surface area (Å²) in [6.45, 7) is 1.97. The Bertz CT molecular complexity index is 337. The minimum atomic E-state index is -0.349. The number of benzene rings is 1. The quantitative estimate of drug-likeness (QED) is 0.813. The van der Waals surface area contributed by atoms with Crippen molar-refractivity contribution in [2.24, 2.45) is 0 Å². The lowest BCUT2D eigenvalue weighted by Gasteiger charge is -2.24. The van der Waals surface area contributed by atoms with Crippen LogP contribution in [0.3, 0.4) is 0 Å². The van der Waals surface area contributed by atoms with Gasteiger partial charge in [0.1, 0.15) is 0 Å². The second-order valence-electron chi connectivity index (χ2n) is 3.77. The number of halogens is 2. The van der Waals surface area contributed by atoms with Crippen molar-refractivity contribution in [1.29, 1.82) is 0 Å². The second kappa shape index (κ2) is 4.81. The minimum Gasteiger partial charge on any atom is -0.380 e. The molecule has 0 amide bonds. The molecule has 0 spiro atoms. The number of rotatable bonds is 2. The molecule has 0 saturated carbocycles. The summed E-state index contributed by atoms with van der Waals surface area (Å²) in [5.74, 6) is -0.349. The first kappa shape index (κ1) is 10.7. The predicted molar refractivity (Wildman–Crippen MR) is 60.9 cm³/mol. The van der Waals surface area contributed by atoms with Crippen molar-refractivity contribution in [1.82, 2.24) is 5.32 Å². The van der Waals surface area contributed by atoms with Gasteiger partial charge in [-0.05, 0) is 38.1 Å². The molecule has 0 bridgehead atoms. The highest BCUT2D eigenvalue weighted by Gasteiger charge is 2.14. The third-order valence-corrected chi connectivity index (χ3v) is 2.94. The first-order valence-corrected chi connectivity index (χ1v) is 5.56. The highest BCUT2D eigenvalue weighted by Crippen LogP contribution is 2.23. The van der Waals surface area contributed by atoms with Gasteiger partial charge in [0.15, 0.2) is 5.82 Å².